The Labute approximate surface area is 124 Å². The van der Waals surface area contributed by atoms with E-state index in [1.165, 1.54) is 25.7 Å². The molecule has 0 radical (unpaired) electrons. The molecular weight excluding hydrogens is 267 g/mol. The summed E-state index contributed by atoms with van der Waals surface area (Å²) in [5, 5.41) is 0. The molecule has 0 unspecified atom stereocenters. The molecule has 4 bridgehead atoms. The van der Waals surface area contributed by atoms with Crippen LogP contribution in [0.15, 0.2) is 0 Å². The van der Waals surface area contributed by atoms with Gasteiger partial charge in [-0.25, -0.2) is 0 Å². The quantitative estimate of drug-likeness (QED) is 0.773. The van der Waals surface area contributed by atoms with Crippen LogP contribution in [0.4, 0.5) is 0 Å². The molecule has 4 aliphatic rings. The van der Waals surface area contributed by atoms with E-state index in [0.29, 0.717) is 0 Å². The second-order valence-electron chi connectivity index (χ2n) is 6.89. The summed E-state index contributed by atoms with van der Waals surface area (Å²) >= 11 is 0. The predicted molar refractivity (Wildman–Crippen MR) is 81.9 cm³/mol. The molecule has 0 aliphatic heterocycles. The molecule has 4 heteroatoms. The monoisotopic (exact) mass is 294 g/mol. The molecule has 18 heavy (non-hydrogen) atoms. The average molecular weight is 295 g/mol. The van der Waals surface area contributed by atoms with Gasteiger partial charge in [-0.2, -0.15) is 0 Å². The highest BCUT2D eigenvalue weighted by atomic mass is 35.5. The van der Waals surface area contributed by atoms with Gasteiger partial charge >= 0.3 is 0 Å². The highest BCUT2D eigenvalue weighted by Crippen LogP contribution is 2.55. The van der Waals surface area contributed by atoms with Crippen molar-refractivity contribution in [3.63, 3.8) is 0 Å². The summed E-state index contributed by atoms with van der Waals surface area (Å²) in [5.41, 5.74) is 0. The molecule has 0 N–H and O–H groups in total. The summed E-state index contributed by atoms with van der Waals surface area (Å²) in [6.07, 6.45) is 5.99. The fraction of sp³-hybridized carbons (Fsp3) is 1.00. The van der Waals surface area contributed by atoms with Crippen LogP contribution in [0.5, 0.6) is 0 Å². The molecule has 0 aromatic rings. The number of rotatable bonds is 2. The smallest absolute Gasteiger partial charge is 0.0146 e. The van der Waals surface area contributed by atoms with Crippen LogP contribution in [0.25, 0.3) is 0 Å². The van der Waals surface area contributed by atoms with Gasteiger partial charge in [0.2, 0.25) is 0 Å². The van der Waals surface area contributed by atoms with E-state index in [-0.39, 0.29) is 24.8 Å². The maximum Gasteiger partial charge on any atom is 0.0146 e. The van der Waals surface area contributed by atoms with Crippen LogP contribution in [0.1, 0.15) is 25.7 Å². The van der Waals surface area contributed by atoms with Crippen molar-refractivity contribution in [1.29, 1.82) is 0 Å². The summed E-state index contributed by atoms with van der Waals surface area (Å²) in [5.74, 6) is 4.03. The van der Waals surface area contributed by atoms with Crippen LogP contribution >= 0.6 is 24.8 Å². The van der Waals surface area contributed by atoms with Gasteiger partial charge < -0.3 is 9.80 Å². The lowest BCUT2D eigenvalue weighted by molar-refractivity contribution is -0.0953. The van der Waals surface area contributed by atoms with E-state index in [0.717, 1.165) is 35.8 Å². The average Bonchev–Trinajstić information content (AvgIpc) is 2.14. The topological polar surface area (TPSA) is 6.48 Å². The Bertz CT molecular complexity index is 227. The van der Waals surface area contributed by atoms with Crippen molar-refractivity contribution in [3.8, 4) is 0 Å². The zero-order valence-corrected chi connectivity index (χ0v) is 13.6. The molecule has 0 aromatic carbocycles. The molecule has 0 spiro atoms. The Morgan fingerprint density at radius 2 is 0.778 bits per heavy atom. The molecule has 108 valence electrons. The highest BCUT2D eigenvalue weighted by molar-refractivity contribution is 5.85. The standard InChI is InChI=1S/C14H26N2.2ClH/c1-15(2)13-9-5-11-7-10(13)8-12(6-9)14(11)16(3)4;;/h9-14H,5-8H2,1-4H3;2*1H. The number of hydrogen-bond donors (Lipinski definition) is 0. The van der Waals surface area contributed by atoms with Crippen LogP contribution in [0.3, 0.4) is 0 Å². The third kappa shape index (κ3) is 2.42. The van der Waals surface area contributed by atoms with Gasteiger partial charge in [-0.15, -0.1) is 24.8 Å². The fourth-order valence-corrected chi connectivity index (χ4v) is 5.51. The van der Waals surface area contributed by atoms with Crippen molar-refractivity contribution < 1.29 is 0 Å². The van der Waals surface area contributed by atoms with Crippen LogP contribution < -0.4 is 0 Å². The summed E-state index contributed by atoms with van der Waals surface area (Å²) in [6.45, 7) is 0. The van der Waals surface area contributed by atoms with Crippen LogP contribution in [0, 0.1) is 23.7 Å². The Kier molecular flexibility index (Phi) is 5.39. The van der Waals surface area contributed by atoms with Gasteiger partial charge in [-0.3, -0.25) is 0 Å². The normalized spacial score (nSPS) is 45.0. The van der Waals surface area contributed by atoms with E-state index in [2.05, 4.69) is 38.0 Å². The first kappa shape index (κ1) is 16.6. The molecule has 4 rings (SSSR count). The van der Waals surface area contributed by atoms with Crippen LogP contribution in [-0.4, -0.2) is 50.1 Å². The zero-order chi connectivity index (χ0) is 11.4. The summed E-state index contributed by atoms with van der Waals surface area (Å²) in [6, 6.07) is 1.80. The highest BCUT2D eigenvalue weighted by Gasteiger charge is 2.53. The number of hydrogen-bond acceptors (Lipinski definition) is 2. The second-order valence-corrected chi connectivity index (χ2v) is 6.89. The first-order valence-corrected chi connectivity index (χ1v) is 6.90. The minimum atomic E-state index is 0. The summed E-state index contributed by atoms with van der Waals surface area (Å²) in [7, 11) is 9.15. The van der Waals surface area contributed by atoms with Crippen molar-refractivity contribution in [1.82, 2.24) is 9.80 Å². The van der Waals surface area contributed by atoms with Crippen molar-refractivity contribution in [2.24, 2.45) is 23.7 Å². The molecular formula is C14H28Cl2N2. The van der Waals surface area contributed by atoms with Crippen molar-refractivity contribution in [3.05, 3.63) is 0 Å². The Morgan fingerprint density at radius 1 is 0.556 bits per heavy atom. The summed E-state index contributed by atoms with van der Waals surface area (Å²) < 4.78 is 0. The van der Waals surface area contributed by atoms with Gasteiger partial charge in [0.25, 0.3) is 0 Å². The third-order valence-electron chi connectivity index (χ3n) is 5.55. The molecule has 4 aliphatic carbocycles. The Morgan fingerprint density at radius 3 is 0.944 bits per heavy atom. The van der Waals surface area contributed by atoms with E-state index in [1.54, 1.807) is 0 Å². The van der Waals surface area contributed by atoms with Gasteiger partial charge in [-0.1, -0.05) is 0 Å². The number of nitrogens with zero attached hydrogens (tertiary/aromatic N) is 2. The maximum atomic E-state index is 2.51. The first-order chi connectivity index (χ1) is 7.58. The first-order valence-electron chi connectivity index (χ1n) is 6.90. The molecule has 0 aromatic heterocycles. The minimum Gasteiger partial charge on any atom is -0.306 e. The van der Waals surface area contributed by atoms with E-state index in [9.17, 15) is 0 Å². The SMILES string of the molecule is CN(C)C1C2CC3CC1CC(C2)C3N(C)C.Cl.Cl. The van der Waals surface area contributed by atoms with E-state index >= 15 is 0 Å². The van der Waals surface area contributed by atoms with E-state index < -0.39 is 0 Å². The lowest BCUT2D eigenvalue weighted by Crippen LogP contribution is -2.61. The van der Waals surface area contributed by atoms with Gasteiger partial charge in [-0.05, 0) is 77.5 Å². The van der Waals surface area contributed by atoms with E-state index in [4.69, 9.17) is 0 Å². The minimum absolute atomic E-state index is 0. The van der Waals surface area contributed by atoms with Crippen molar-refractivity contribution in [2.45, 2.75) is 37.8 Å². The van der Waals surface area contributed by atoms with Gasteiger partial charge in [0.05, 0.1) is 0 Å². The predicted octanol–water partition coefficient (Wildman–Crippen LogP) is 2.76. The van der Waals surface area contributed by atoms with Gasteiger partial charge in [0, 0.05) is 12.1 Å². The Hall–Kier alpha value is 0.500. The van der Waals surface area contributed by atoms with Crippen LogP contribution in [-0.2, 0) is 0 Å². The second kappa shape index (κ2) is 5.87. The molecule has 4 fully saturated rings. The van der Waals surface area contributed by atoms with Crippen molar-refractivity contribution in [2.75, 3.05) is 28.2 Å². The van der Waals surface area contributed by atoms with Gasteiger partial charge in [0.1, 0.15) is 0 Å². The largest absolute Gasteiger partial charge is 0.306 e. The number of halogens is 2. The van der Waals surface area contributed by atoms with Gasteiger partial charge in [0.15, 0.2) is 0 Å². The lowest BCUT2D eigenvalue weighted by Gasteiger charge is -2.60. The lowest BCUT2D eigenvalue weighted by atomic mass is 9.51. The molecule has 2 nitrogen and oxygen atoms in total. The maximum absolute atomic E-state index is 2.51. The molecule has 0 atom stereocenters. The Balaban J connectivity index is 0.000000810. The molecule has 0 amide bonds. The van der Waals surface area contributed by atoms with Crippen molar-refractivity contribution >= 4 is 24.8 Å². The van der Waals surface area contributed by atoms with Crippen LogP contribution in [0.2, 0.25) is 0 Å². The van der Waals surface area contributed by atoms with E-state index in [1.807, 2.05) is 0 Å². The fourth-order valence-electron chi connectivity index (χ4n) is 5.51. The molecule has 0 heterocycles. The molecule has 0 saturated heterocycles. The molecule has 4 saturated carbocycles. The zero-order valence-electron chi connectivity index (χ0n) is 12.0. The third-order valence-corrected chi connectivity index (χ3v) is 5.55. The summed E-state index contributed by atoms with van der Waals surface area (Å²) in [4.78, 5) is 5.02.